The maximum atomic E-state index is 10.8. The zero-order valence-corrected chi connectivity index (χ0v) is 10.7. The third-order valence-electron chi connectivity index (χ3n) is 3.02. The number of phenols is 1. The van der Waals surface area contributed by atoms with Crippen molar-refractivity contribution in [3.8, 4) is 5.75 Å². The molecule has 104 valence electrons. The highest BCUT2D eigenvalue weighted by molar-refractivity contribution is 5.88. The van der Waals surface area contributed by atoms with E-state index in [-0.39, 0.29) is 11.3 Å². The Kier molecular flexibility index (Phi) is 3.07. The van der Waals surface area contributed by atoms with Gasteiger partial charge in [-0.25, -0.2) is 0 Å². The van der Waals surface area contributed by atoms with Crippen LogP contribution in [0.3, 0.4) is 0 Å². The number of nitro groups is 1. The van der Waals surface area contributed by atoms with Crippen molar-refractivity contribution in [3.63, 3.8) is 0 Å². The van der Waals surface area contributed by atoms with E-state index < -0.39 is 10.7 Å². The molecular formula is C14H10N4O3. The summed E-state index contributed by atoms with van der Waals surface area (Å²) in [5.74, 6) is -0.393. The number of aromatic nitrogens is 2. The second-order valence-corrected chi connectivity index (χ2v) is 4.37. The maximum absolute atomic E-state index is 10.8. The van der Waals surface area contributed by atoms with Gasteiger partial charge in [-0.3, -0.25) is 20.2 Å². The maximum Gasteiger partial charge on any atom is 0.311 e. The number of benzene rings is 2. The Morgan fingerprint density at radius 1 is 1.33 bits per heavy atom. The minimum atomic E-state index is -0.635. The van der Waals surface area contributed by atoms with Gasteiger partial charge < -0.3 is 5.11 Å². The van der Waals surface area contributed by atoms with E-state index in [1.807, 2.05) is 12.1 Å². The highest BCUT2D eigenvalue weighted by atomic mass is 16.6. The van der Waals surface area contributed by atoms with Crippen molar-refractivity contribution in [1.29, 1.82) is 0 Å². The number of H-pyrrole nitrogens is 1. The summed E-state index contributed by atoms with van der Waals surface area (Å²) >= 11 is 0. The molecule has 2 N–H and O–H groups in total. The molecule has 7 nitrogen and oxygen atoms in total. The van der Waals surface area contributed by atoms with Crippen LogP contribution in [0.2, 0.25) is 0 Å². The van der Waals surface area contributed by atoms with Crippen LogP contribution in [-0.2, 0) is 0 Å². The van der Waals surface area contributed by atoms with Crippen molar-refractivity contribution < 1.29 is 10.0 Å². The summed E-state index contributed by atoms with van der Waals surface area (Å²) in [4.78, 5) is 14.3. The molecule has 0 atom stereocenters. The molecule has 1 heterocycles. The molecule has 0 saturated carbocycles. The van der Waals surface area contributed by atoms with Gasteiger partial charge in [-0.15, -0.1) is 0 Å². The molecule has 0 aliphatic heterocycles. The van der Waals surface area contributed by atoms with E-state index in [2.05, 4.69) is 15.2 Å². The molecule has 0 aliphatic rings. The van der Waals surface area contributed by atoms with Crippen molar-refractivity contribution in [2.24, 2.45) is 4.99 Å². The van der Waals surface area contributed by atoms with E-state index in [0.717, 1.165) is 10.9 Å². The number of aromatic hydroxyl groups is 1. The SMILES string of the molecule is O=[N+]([O-])c1cccc(/C=N/c2ccc3[nH]ncc3c2)c1O. The smallest absolute Gasteiger partial charge is 0.311 e. The fourth-order valence-corrected chi connectivity index (χ4v) is 1.95. The zero-order chi connectivity index (χ0) is 14.8. The minimum Gasteiger partial charge on any atom is -0.502 e. The van der Waals surface area contributed by atoms with Gasteiger partial charge >= 0.3 is 5.69 Å². The number of aromatic amines is 1. The van der Waals surface area contributed by atoms with Gasteiger partial charge in [0, 0.05) is 23.2 Å². The number of hydrogen-bond acceptors (Lipinski definition) is 5. The third kappa shape index (κ3) is 2.44. The molecule has 0 fully saturated rings. The largest absolute Gasteiger partial charge is 0.502 e. The standard InChI is InChI=1S/C14H10N4O3/c19-14-9(2-1-3-13(14)18(20)21)7-15-11-4-5-12-10(6-11)8-16-17-12/h1-8,19H,(H,16,17)/b15-7+. The first-order valence-corrected chi connectivity index (χ1v) is 6.09. The Morgan fingerprint density at radius 2 is 2.19 bits per heavy atom. The number of nitrogens with zero attached hydrogens (tertiary/aromatic N) is 3. The molecule has 0 spiro atoms. The molecular weight excluding hydrogens is 272 g/mol. The van der Waals surface area contributed by atoms with Crippen molar-refractivity contribution in [3.05, 3.63) is 58.3 Å². The summed E-state index contributed by atoms with van der Waals surface area (Å²) in [5.41, 5.74) is 1.50. The average Bonchev–Trinajstić information content (AvgIpc) is 2.93. The van der Waals surface area contributed by atoms with Gasteiger partial charge in [0.1, 0.15) is 0 Å². The summed E-state index contributed by atoms with van der Waals surface area (Å²) in [7, 11) is 0. The van der Waals surface area contributed by atoms with Crippen LogP contribution >= 0.6 is 0 Å². The van der Waals surface area contributed by atoms with Gasteiger partial charge in [-0.05, 0) is 24.3 Å². The second-order valence-electron chi connectivity index (χ2n) is 4.37. The van der Waals surface area contributed by atoms with Crippen LogP contribution in [0.15, 0.2) is 47.6 Å². The molecule has 0 saturated heterocycles. The van der Waals surface area contributed by atoms with Crippen LogP contribution in [0, 0.1) is 10.1 Å². The number of fused-ring (bicyclic) bond motifs is 1. The predicted molar refractivity (Wildman–Crippen MR) is 78.1 cm³/mol. The number of hydrogen-bond donors (Lipinski definition) is 2. The third-order valence-corrected chi connectivity index (χ3v) is 3.02. The highest BCUT2D eigenvalue weighted by Gasteiger charge is 2.14. The van der Waals surface area contributed by atoms with E-state index in [4.69, 9.17) is 0 Å². The number of rotatable bonds is 3. The second kappa shape index (κ2) is 5.04. The lowest BCUT2D eigenvalue weighted by atomic mass is 10.2. The van der Waals surface area contributed by atoms with E-state index in [9.17, 15) is 15.2 Å². The first-order valence-electron chi connectivity index (χ1n) is 6.09. The average molecular weight is 282 g/mol. The minimum absolute atomic E-state index is 0.288. The van der Waals surface area contributed by atoms with Crippen LogP contribution < -0.4 is 0 Å². The lowest BCUT2D eigenvalue weighted by Crippen LogP contribution is -1.91. The Labute approximate surface area is 118 Å². The summed E-state index contributed by atoms with van der Waals surface area (Å²) in [6.07, 6.45) is 3.07. The molecule has 0 unspecified atom stereocenters. The van der Waals surface area contributed by atoms with E-state index in [1.54, 1.807) is 18.3 Å². The lowest BCUT2D eigenvalue weighted by molar-refractivity contribution is -0.385. The van der Waals surface area contributed by atoms with Gasteiger partial charge in [0.15, 0.2) is 0 Å². The summed E-state index contributed by atoms with van der Waals surface area (Å²) in [6.45, 7) is 0. The quantitative estimate of drug-likeness (QED) is 0.437. The Bertz CT molecular complexity index is 854. The van der Waals surface area contributed by atoms with Crippen LogP contribution in [-0.4, -0.2) is 26.4 Å². The Balaban J connectivity index is 1.95. The normalized spacial score (nSPS) is 11.2. The number of para-hydroxylation sites is 1. The fourth-order valence-electron chi connectivity index (χ4n) is 1.95. The summed E-state index contributed by atoms with van der Waals surface area (Å²) < 4.78 is 0. The van der Waals surface area contributed by atoms with Gasteiger partial charge in [-0.2, -0.15) is 5.10 Å². The van der Waals surface area contributed by atoms with E-state index in [1.165, 1.54) is 18.3 Å². The van der Waals surface area contributed by atoms with Crippen LogP contribution in [0.5, 0.6) is 5.75 Å². The fraction of sp³-hybridized carbons (Fsp3) is 0. The Hall–Kier alpha value is -3.22. The first-order chi connectivity index (χ1) is 10.1. The highest BCUT2D eigenvalue weighted by Crippen LogP contribution is 2.28. The van der Waals surface area contributed by atoms with Crippen molar-refractivity contribution in [1.82, 2.24) is 10.2 Å². The van der Waals surface area contributed by atoms with Crippen molar-refractivity contribution in [2.45, 2.75) is 0 Å². The molecule has 0 amide bonds. The molecule has 0 bridgehead atoms. The molecule has 3 aromatic rings. The van der Waals surface area contributed by atoms with Crippen LogP contribution in [0.4, 0.5) is 11.4 Å². The number of nitro benzene ring substituents is 1. The molecule has 3 rings (SSSR count). The Morgan fingerprint density at radius 3 is 3.00 bits per heavy atom. The monoisotopic (exact) mass is 282 g/mol. The topological polar surface area (TPSA) is 104 Å². The number of nitrogens with one attached hydrogen (secondary N) is 1. The van der Waals surface area contributed by atoms with Crippen molar-refractivity contribution in [2.75, 3.05) is 0 Å². The van der Waals surface area contributed by atoms with E-state index in [0.29, 0.717) is 5.69 Å². The molecule has 21 heavy (non-hydrogen) atoms. The van der Waals surface area contributed by atoms with Gasteiger partial charge in [0.2, 0.25) is 5.75 Å². The van der Waals surface area contributed by atoms with Gasteiger partial charge in [0.05, 0.1) is 22.3 Å². The number of phenolic OH excluding ortho intramolecular Hbond substituents is 1. The molecule has 2 aromatic carbocycles. The van der Waals surface area contributed by atoms with E-state index >= 15 is 0 Å². The predicted octanol–water partition coefficient (Wildman–Crippen LogP) is 2.93. The molecule has 0 radical (unpaired) electrons. The molecule has 0 aliphatic carbocycles. The van der Waals surface area contributed by atoms with Gasteiger partial charge in [-0.1, -0.05) is 6.07 Å². The summed E-state index contributed by atoms with van der Waals surface area (Å²) in [6, 6.07) is 9.74. The van der Waals surface area contributed by atoms with Crippen LogP contribution in [0.1, 0.15) is 5.56 Å². The lowest BCUT2D eigenvalue weighted by Gasteiger charge is -1.99. The molecule has 7 heteroatoms. The van der Waals surface area contributed by atoms with Crippen molar-refractivity contribution >= 4 is 28.5 Å². The number of aliphatic imine (C=N–C) groups is 1. The zero-order valence-electron chi connectivity index (χ0n) is 10.7. The molecule has 1 aromatic heterocycles. The summed E-state index contributed by atoms with van der Waals surface area (Å²) in [5, 5.41) is 28.2. The van der Waals surface area contributed by atoms with Gasteiger partial charge in [0.25, 0.3) is 0 Å². The first kappa shape index (κ1) is 12.8. The van der Waals surface area contributed by atoms with Crippen LogP contribution in [0.25, 0.3) is 10.9 Å².